The average molecular weight is 307 g/mol. The van der Waals surface area contributed by atoms with E-state index in [1.54, 1.807) is 0 Å². The van der Waals surface area contributed by atoms with E-state index in [2.05, 4.69) is 62.3 Å². The summed E-state index contributed by atoms with van der Waals surface area (Å²) in [6.45, 7) is 4.19. The summed E-state index contributed by atoms with van der Waals surface area (Å²) in [5.74, 6) is 0. The van der Waals surface area contributed by atoms with Crippen LogP contribution in [0.25, 0.3) is 0 Å². The number of rotatable bonds is 4. The largest absolute Gasteiger partial charge is 0.313 e. The Labute approximate surface area is 96.2 Å². The molecule has 0 spiro atoms. The second-order valence-corrected chi connectivity index (χ2v) is 4.63. The fourth-order valence-corrected chi connectivity index (χ4v) is 1.73. The van der Waals surface area contributed by atoms with E-state index >= 15 is 0 Å². The maximum Gasteiger partial charge on any atom is 0.0320 e. The lowest BCUT2D eigenvalue weighted by Crippen LogP contribution is -2.13. The lowest BCUT2D eigenvalue weighted by atomic mass is 10.2. The molecule has 0 atom stereocenters. The van der Waals surface area contributed by atoms with Gasteiger partial charge in [-0.15, -0.1) is 0 Å². The highest BCUT2D eigenvalue weighted by molar-refractivity contribution is 9.13. The number of benzene rings is 1. The van der Waals surface area contributed by atoms with Crippen LogP contribution in [-0.4, -0.2) is 6.54 Å². The SMILES string of the molecule is CCCNCc1ccc(Br)c(Br)c1. The zero-order chi connectivity index (χ0) is 9.68. The Morgan fingerprint density at radius 1 is 1.23 bits per heavy atom. The Morgan fingerprint density at radius 3 is 2.62 bits per heavy atom. The van der Waals surface area contributed by atoms with Gasteiger partial charge in [0.15, 0.2) is 0 Å². The molecule has 1 N–H and O–H groups in total. The highest BCUT2D eigenvalue weighted by atomic mass is 79.9. The Kier molecular flexibility index (Phi) is 4.99. The molecule has 1 aromatic rings. The van der Waals surface area contributed by atoms with Gasteiger partial charge in [0.1, 0.15) is 0 Å². The van der Waals surface area contributed by atoms with Crippen molar-refractivity contribution in [1.82, 2.24) is 5.32 Å². The maximum atomic E-state index is 3.48. The molecule has 0 saturated heterocycles. The van der Waals surface area contributed by atoms with Gasteiger partial charge in [-0.25, -0.2) is 0 Å². The van der Waals surface area contributed by atoms with Gasteiger partial charge in [0, 0.05) is 15.5 Å². The van der Waals surface area contributed by atoms with E-state index < -0.39 is 0 Å². The molecule has 0 heterocycles. The Hall–Kier alpha value is 0.140. The van der Waals surface area contributed by atoms with Crippen molar-refractivity contribution in [1.29, 1.82) is 0 Å². The Morgan fingerprint density at radius 2 is 2.00 bits per heavy atom. The lowest BCUT2D eigenvalue weighted by molar-refractivity contribution is 0.675. The zero-order valence-corrected chi connectivity index (χ0v) is 10.8. The van der Waals surface area contributed by atoms with Gasteiger partial charge < -0.3 is 5.32 Å². The van der Waals surface area contributed by atoms with Gasteiger partial charge >= 0.3 is 0 Å². The summed E-state index contributed by atoms with van der Waals surface area (Å²) in [6.07, 6.45) is 1.18. The third kappa shape index (κ3) is 3.79. The zero-order valence-electron chi connectivity index (χ0n) is 7.61. The van der Waals surface area contributed by atoms with Crippen molar-refractivity contribution in [3.63, 3.8) is 0 Å². The standard InChI is InChI=1S/C10H13Br2N/c1-2-5-13-7-8-3-4-9(11)10(12)6-8/h3-4,6,13H,2,5,7H2,1H3. The van der Waals surface area contributed by atoms with Crippen molar-refractivity contribution >= 4 is 31.9 Å². The first-order chi connectivity index (χ1) is 6.24. The molecule has 0 aliphatic rings. The van der Waals surface area contributed by atoms with E-state index in [1.807, 2.05) is 0 Å². The van der Waals surface area contributed by atoms with E-state index in [-0.39, 0.29) is 0 Å². The average Bonchev–Trinajstić information content (AvgIpc) is 2.12. The molecule has 0 aliphatic carbocycles. The van der Waals surface area contributed by atoms with E-state index in [0.717, 1.165) is 22.0 Å². The first-order valence-corrected chi connectivity index (χ1v) is 5.97. The number of hydrogen-bond acceptors (Lipinski definition) is 1. The molecule has 1 nitrogen and oxygen atoms in total. The molecular weight excluding hydrogens is 294 g/mol. The van der Waals surface area contributed by atoms with Crippen molar-refractivity contribution < 1.29 is 0 Å². The third-order valence-electron chi connectivity index (χ3n) is 1.74. The van der Waals surface area contributed by atoms with Crippen LogP contribution in [-0.2, 0) is 6.54 Å². The topological polar surface area (TPSA) is 12.0 Å². The molecule has 13 heavy (non-hydrogen) atoms. The fourth-order valence-electron chi connectivity index (χ4n) is 1.06. The van der Waals surface area contributed by atoms with Gasteiger partial charge in [-0.1, -0.05) is 13.0 Å². The molecule has 0 fully saturated rings. The van der Waals surface area contributed by atoms with Crippen LogP contribution >= 0.6 is 31.9 Å². The summed E-state index contributed by atoms with van der Waals surface area (Å²) in [6, 6.07) is 6.32. The summed E-state index contributed by atoms with van der Waals surface area (Å²) < 4.78 is 2.22. The van der Waals surface area contributed by atoms with Crippen molar-refractivity contribution in [3.8, 4) is 0 Å². The minimum absolute atomic E-state index is 0.944. The quantitative estimate of drug-likeness (QED) is 0.836. The predicted molar refractivity (Wildman–Crippen MR) is 63.8 cm³/mol. The van der Waals surface area contributed by atoms with Crippen LogP contribution in [0.4, 0.5) is 0 Å². The minimum Gasteiger partial charge on any atom is -0.313 e. The molecule has 0 aromatic heterocycles. The molecule has 72 valence electrons. The lowest BCUT2D eigenvalue weighted by Gasteiger charge is -2.04. The Bertz CT molecular complexity index is 274. The van der Waals surface area contributed by atoms with Gasteiger partial charge in [0.2, 0.25) is 0 Å². The van der Waals surface area contributed by atoms with Gasteiger partial charge in [-0.2, -0.15) is 0 Å². The van der Waals surface area contributed by atoms with E-state index in [9.17, 15) is 0 Å². The summed E-state index contributed by atoms with van der Waals surface area (Å²) >= 11 is 6.92. The van der Waals surface area contributed by atoms with Crippen molar-refractivity contribution in [2.24, 2.45) is 0 Å². The number of hydrogen-bond donors (Lipinski definition) is 1. The molecule has 0 saturated carbocycles. The fraction of sp³-hybridized carbons (Fsp3) is 0.400. The van der Waals surface area contributed by atoms with Crippen LogP contribution in [0.1, 0.15) is 18.9 Å². The molecule has 0 bridgehead atoms. The van der Waals surface area contributed by atoms with Gasteiger partial charge in [0.25, 0.3) is 0 Å². The van der Waals surface area contributed by atoms with Crippen molar-refractivity contribution in [2.45, 2.75) is 19.9 Å². The molecule has 3 heteroatoms. The molecule has 1 aromatic carbocycles. The molecule has 1 rings (SSSR count). The Balaban J connectivity index is 2.53. The van der Waals surface area contributed by atoms with Crippen LogP contribution in [0.15, 0.2) is 27.1 Å². The first-order valence-electron chi connectivity index (χ1n) is 4.38. The third-order valence-corrected chi connectivity index (χ3v) is 3.62. The summed E-state index contributed by atoms with van der Waals surface area (Å²) in [4.78, 5) is 0. The molecule has 0 unspecified atom stereocenters. The van der Waals surface area contributed by atoms with Crippen molar-refractivity contribution in [3.05, 3.63) is 32.7 Å². The highest BCUT2D eigenvalue weighted by Crippen LogP contribution is 2.23. The molecule has 0 aliphatic heterocycles. The highest BCUT2D eigenvalue weighted by Gasteiger charge is 1.97. The number of nitrogens with one attached hydrogen (secondary N) is 1. The van der Waals surface area contributed by atoms with Gasteiger partial charge in [0.05, 0.1) is 0 Å². The molecular formula is C10H13Br2N. The van der Waals surface area contributed by atoms with Crippen LogP contribution in [0.3, 0.4) is 0 Å². The van der Waals surface area contributed by atoms with Gasteiger partial charge in [-0.05, 0) is 62.5 Å². The summed E-state index contributed by atoms with van der Waals surface area (Å²) in [5.41, 5.74) is 1.31. The smallest absolute Gasteiger partial charge is 0.0320 e. The van der Waals surface area contributed by atoms with Crippen LogP contribution < -0.4 is 5.32 Å². The summed E-state index contributed by atoms with van der Waals surface area (Å²) in [7, 11) is 0. The minimum atomic E-state index is 0.944. The van der Waals surface area contributed by atoms with Gasteiger partial charge in [-0.3, -0.25) is 0 Å². The summed E-state index contributed by atoms with van der Waals surface area (Å²) in [5, 5.41) is 3.36. The van der Waals surface area contributed by atoms with E-state index in [0.29, 0.717) is 0 Å². The van der Waals surface area contributed by atoms with E-state index in [4.69, 9.17) is 0 Å². The number of halogens is 2. The second-order valence-electron chi connectivity index (χ2n) is 2.93. The first kappa shape index (κ1) is 11.2. The van der Waals surface area contributed by atoms with Crippen molar-refractivity contribution in [2.75, 3.05) is 6.54 Å². The predicted octanol–water partition coefficient (Wildman–Crippen LogP) is 3.71. The monoisotopic (exact) mass is 305 g/mol. The molecule has 0 radical (unpaired) electrons. The van der Waals surface area contributed by atoms with Crippen LogP contribution in [0.2, 0.25) is 0 Å². The van der Waals surface area contributed by atoms with Crippen LogP contribution in [0.5, 0.6) is 0 Å². The normalized spacial score (nSPS) is 10.4. The van der Waals surface area contributed by atoms with E-state index in [1.165, 1.54) is 12.0 Å². The second kappa shape index (κ2) is 5.78. The molecule has 0 amide bonds. The van der Waals surface area contributed by atoms with Crippen LogP contribution in [0, 0.1) is 0 Å². The maximum absolute atomic E-state index is 3.48.